The lowest BCUT2D eigenvalue weighted by Crippen LogP contribution is -2.07. The summed E-state index contributed by atoms with van der Waals surface area (Å²) in [7, 11) is 0. The van der Waals surface area contributed by atoms with Crippen molar-refractivity contribution in [2.24, 2.45) is 0 Å². The van der Waals surface area contributed by atoms with Gasteiger partial charge in [-0.3, -0.25) is 4.98 Å². The van der Waals surface area contributed by atoms with Crippen LogP contribution < -0.4 is 10.6 Å². The molecule has 0 saturated heterocycles. The first-order valence-electron chi connectivity index (χ1n) is 6.77. The number of pyridine rings is 1. The number of anilines is 3. The minimum Gasteiger partial charge on any atom is -0.347 e. The van der Waals surface area contributed by atoms with Crippen LogP contribution in [0.2, 0.25) is 10.0 Å². The predicted molar refractivity (Wildman–Crippen MR) is 91.1 cm³/mol. The van der Waals surface area contributed by atoms with Gasteiger partial charge in [-0.25, -0.2) is 0 Å². The number of halogens is 2. The lowest BCUT2D eigenvalue weighted by molar-refractivity contribution is 0.934. The highest BCUT2D eigenvalue weighted by Crippen LogP contribution is 2.31. The Kier molecular flexibility index (Phi) is 4.85. The largest absolute Gasteiger partial charge is 0.347 e. The summed E-state index contributed by atoms with van der Waals surface area (Å²) in [5, 5.41) is 15.0. The van der Waals surface area contributed by atoms with Crippen molar-refractivity contribution in [3.05, 3.63) is 64.5 Å². The van der Waals surface area contributed by atoms with E-state index in [1.807, 2.05) is 18.2 Å². The molecule has 8 heteroatoms. The summed E-state index contributed by atoms with van der Waals surface area (Å²) in [4.78, 5) is 8.54. The van der Waals surface area contributed by atoms with Gasteiger partial charge in [0, 0.05) is 6.20 Å². The fourth-order valence-corrected chi connectivity index (χ4v) is 2.35. The molecular weight excluding hydrogens is 335 g/mol. The van der Waals surface area contributed by atoms with Crippen molar-refractivity contribution >= 4 is 40.7 Å². The molecule has 6 nitrogen and oxygen atoms in total. The molecule has 2 aromatic heterocycles. The average Bonchev–Trinajstić information content (AvgIpc) is 2.58. The van der Waals surface area contributed by atoms with Crippen LogP contribution in [0.15, 0.2) is 48.8 Å². The van der Waals surface area contributed by atoms with Gasteiger partial charge in [-0.1, -0.05) is 35.3 Å². The molecule has 23 heavy (non-hydrogen) atoms. The molecule has 2 heterocycles. The van der Waals surface area contributed by atoms with Crippen molar-refractivity contribution in [3.8, 4) is 0 Å². The molecule has 116 valence electrons. The monoisotopic (exact) mass is 346 g/mol. The predicted octanol–water partition coefficient (Wildman–Crippen LogP) is 3.93. The van der Waals surface area contributed by atoms with Crippen LogP contribution in [-0.2, 0) is 6.54 Å². The molecule has 0 amide bonds. The minimum absolute atomic E-state index is 0.379. The van der Waals surface area contributed by atoms with Gasteiger partial charge in [-0.05, 0) is 24.3 Å². The summed E-state index contributed by atoms with van der Waals surface area (Å²) in [6.07, 6.45) is 3.22. The molecular formula is C15H12Cl2N6. The van der Waals surface area contributed by atoms with Gasteiger partial charge in [-0.2, -0.15) is 10.1 Å². The summed E-state index contributed by atoms with van der Waals surface area (Å²) in [5.74, 6) is 0.863. The maximum Gasteiger partial charge on any atom is 0.245 e. The third kappa shape index (κ3) is 4.06. The van der Waals surface area contributed by atoms with Crippen molar-refractivity contribution < 1.29 is 0 Å². The summed E-state index contributed by atoms with van der Waals surface area (Å²) >= 11 is 12.3. The van der Waals surface area contributed by atoms with Gasteiger partial charge < -0.3 is 10.6 Å². The topological polar surface area (TPSA) is 75.6 Å². The second-order valence-corrected chi connectivity index (χ2v) is 5.38. The maximum atomic E-state index is 6.13. The molecule has 0 unspecified atom stereocenters. The van der Waals surface area contributed by atoms with Gasteiger partial charge in [0.1, 0.15) is 0 Å². The number of para-hydroxylation sites is 1. The Morgan fingerprint density at radius 3 is 2.57 bits per heavy atom. The van der Waals surface area contributed by atoms with E-state index < -0.39 is 0 Å². The van der Waals surface area contributed by atoms with E-state index >= 15 is 0 Å². The van der Waals surface area contributed by atoms with Crippen LogP contribution in [0.25, 0.3) is 0 Å². The number of aromatic nitrogens is 4. The molecule has 0 atom stereocenters. The van der Waals surface area contributed by atoms with Crippen molar-refractivity contribution in [2.75, 3.05) is 10.6 Å². The van der Waals surface area contributed by atoms with E-state index in [-0.39, 0.29) is 0 Å². The Balaban J connectivity index is 1.72. The molecule has 0 fully saturated rings. The Morgan fingerprint density at radius 2 is 1.83 bits per heavy atom. The molecule has 3 aromatic rings. The number of nitrogens with one attached hydrogen (secondary N) is 2. The van der Waals surface area contributed by atoms with E-state index in [2.05, 4.69) is 30.8 Å². The van der Waals surface area contributed by atoms with E-state index in [9.17, 15) is 0 Å². The van der Waals surface area contributed by atoms with Crippen molar-refractivity contribution in [1.29, 1.82) is 0 Å². The molecule has 0 saturated carbocycles. The molecule has 0 spiro atoms. The zero-order chi connectivity index (χ0) is 16.1. The number of benzene rings is 1. The molecule has 1 aromatic carbocycles. The summed E-state index contributed by atoms with van der Waals surface area (Å²) in [6, 6.07) is 10.9. The first kappa shape index (κ1) is 15.5. The van der Waals surface area contributed by atoms with Crippen molar-refractivity contribution in [1.82, 2.24) is 20.2 Å². The third-order valence-corrected chi connectivity index (χ3v) is 3.56. The number of rotatable bonds is 5. The normalized spacial score (nSPS) is 10.3. The lowest BCUT2D eigenvalue weighted by Gasteiger charge is -2.10. The Bertz CT molecular complexity index is 777. The van der Waals surface area contributed by atoms with Crippen LogP contribution in [0, 0.1) is 0 Å². The fraction of sp³-hybridized carbons (Fsp3) is 0.0667. The Labute approximate surface area is 142 Å². The van der Waals surface area contributed by atoms with Crippen LogP contribution in [0.3, 0.4) is 0 Å². The molecule has 0 aliphatic rings. The minimum atomic E-state index is 0.379. The van der Waals surface area contributed by atoms with Gasteiger partial charge in [0.15, 0.2) is 5.82 Å². The zero-order valence-electron chi connectivity index (χ0n) is 11.9. The van der Waals surface area contributed by atoms with Crippen LogP contribution in [-0.4, -0.2) is 20.2 Å². The highest BCUT2D eigenvalue weighted by Gasteiger charge is 2.07. The number of nitrogens with zero attached hydrogens (tertiary/aromatic N) is 4. The second kappa shape index (κ2) is 7.21. The van der Waals surface area contributed by atoms with Crippen LogP contribution >= 0.6 is 23.2 Å². The van der Waals surface area contributed by atoms with Crippen LogP contribution in [0.1, 0.15) is 5.69 Å². The van der Waals surface area contributed by atoms with Crippen LogP contribution in [0.5, 0.6) is 0 Å². The Morgan fingerprint density at radius 1 is 1.00 bits per heavy atom. The second-order valence-electron chi connectivity index (χ2n) is 4.56. The molecule has 0 radical (unpaired) electrons. The molecule has 0 aliphatic heterocycles. The van der Waals surface area contributed by atoms with Gasteiger partial charge in [-0.15, -0.1) is 5.10 Å². The smallest absolute Gasteiger partial charge is 0.245 e. The SMILES string of the molecule is Clc1cccc(Cl)c1Nc1cnnc(NCc2ccccn2)n1. The lowest BCUT2D eigenvalue weighted by atomic mass is 10.3. The quantitative estimate of drug-likeness (QED) is 0.728. The first-order valence-corrected chi connectivity index (χ1v) is 7.52. The van der Waals surface area contributed by atoms with Crippen molar-refractivity contribution in [3.63, 3.8) is 0 Å². The zero-order valence-corrected chi connectivity index (χ0v) is 13.4. The van der Waals surface area contributed by atoms with E-state index in [0.717, 1.165) is 5.69 Å². The van der Waals surface area contributed by atoms with Gasteiger partial charge >= 0.3 is 0 Å². The maximum absolute atomic E-state index is 6.13. The molecule has 3 rings (SSSR count). The third-order valence-electron chi connectivity index (χ3n) is 2.93. The van der Waals surface area contributed by atoms with E-state index in [1.54, 1.807) is 24.4 Å². The highest BCUT2D eigenvalue weighted by molar-refractivity contribution is 6.39. The van der Waals surface area contributed by atoms with Gasteiger partial charge in [0.2, 0.25) is 5.95 Å². The Hall–Kier alpha value is -2.44. The molecule has 0 aliphatic carbocycles. The van der Waals surface area contributed by atoms with E-state index in [4.69, 9.17) is 23.2 Å². The van der Waals surface area contributed by atoms with E-state index in [1.165, 1.54) is 6.20 Å². The first-order chi connectivity index (χ1) is 11.2. The fourth-order valence-electron chi connectivity index (χ4n) is 1.86. The summed E-state index contributed by atoms with van der Waals surface area (Å²) in [5.41, 5.74) is 1.45. The average molecular weight is 347 g/mol. The van der Waals surface area contributed by atoms with Gasteiger partial charge in [0.25, 0.3) is 0 Å². The standard InChI is InChI=1S/C15H12Cl2N6/c16-11-5-3-6-12(17)14(11)21-13-9-20-23-15(22-13)19-8-10-4-1-2-7-18-10/h1-7,9H,8H2,(H2,19,21,22,23). The number of hydrogen-bond acceptors (Lipinski definition) is 6. The molecule has 0 bridgehead atoms. The number of hydrogen-bond donors (Lipinski definition) is 2. The van der Waals surface area contributed by atoms with Gasteiger partial charge in [0.05, 0.1) is 34.2 Å². The van der Waals surface area contributed by atoms with Crippen molar-refractivity contribution in [2.45, 2.75) is 6.54 Å². The molecule has 2 N–H and O–H groups in total. The summed E-state index contributed by atoms with van der Waals surface area (Å²) < 4.78 is 0. The summed E-state index contributed by atoms with van der Waals surface area (Å²) in [6.45, 7) is 0.499. The highest BCUT2D eigenvalue weighted by atomic mass is 35.5. The van der Waals surface area contributed by atoms with Crippen LogP contribution in [0.4, 0.5) is 17.5 Å². The van der Waals surface area contributed by atoms with E-state index in [0.29, 0.717) is 34.0 Å².